The Labute approximate surface area is 125 Å². The van der Waals surface area contributed by atoms with Gasteiger partial charge in [0.05, 0.1) is 0 Å². The Morgan fingerprint density at radius 3 is 1.75 bits per heavy atom. The van der Waals surface area contributed by atoms with Crippen LogP contribution in [0.3, 0.4) is 0 Å². The third kappa shape index (κ3) is 16.9. The molecule has 1 N–H and O–H groups in total. The van der Waals surface area contributed by atoms with Gasteiger partial charge < -0.3 is 5.11 Å². The quantitative estimate of drug-likeness (QED) is 0.318. The third-order valence-corrected chi connectivity index (χ3v) is 3.41. The van der Waals surface area contributed by atoms with Crippen LogP contribution in [0.15, 0.2) is 24.3 Å². The minimum atomic E-state index is -0.668. The first-order chi connectivity index (χ1) is 9.77. The van der Waals surface area contributed by atoms with E-state index in [0.29, 0.717) is 6.42 Å². The molecule has 0 bridgehead atoms. The van der Waals surface area contributed by atoms with Crippen molar-refractivity contribution in [3.63, 3.8) is 0 Å². The summed E-state index contributed by atoms with van der Waals surface area (Å²) in [5.41, 5.74) is 0. The van der Waals surface area contributed by atoms with Crippen molar-refractivity contribution in [1.82, 2.24) is 0 Å². The molecule has 0 aromatic heterocycles. The van der Waals surface area contributed by atoms with Crippen LogP contribution in [-0.2, 0) is 4.79 Å². The lowest BCUT2D eigenvalue weighted by Crippen LogP contribution is -1.93. The number of hydrogen-bond acceptors (Lipinski definition) is 1. The number of allylic oxidation sites excluding steroid dienone is 4. The lowest BCUT2D eigenvalue weighted by Gasteiger charge is -1.98. The first-order valence-corrected chi connectivity index (χ1v) is 8.25. The molecular weight excluding hydrogens is 248 g/mol. The van der Waals surface area contributed by atoms with Crippen LogP contribution in [0.4, 0.5) is 0 Å². The Balaban J connectivity index is 3.10. The fraction of sp³-hybridized carbons (Fsp3) is 0.722. The van der Waals surface area contributed by atoms with E-state index in [1.807, 2.05) is 0 Å². The Kier molecular flexibility index (Phi) is 15.2. The van der Waals surface area contributed by atoms with Crippen molar-refractivity contribution in [1.29, 1.82) is 0 Å². The molecule has 0 heterocycles. The second kappa shape index (κ2) is 16.0. The monoisotopic (exact) mass is 280 g/mol. The Morgan fingerprint density at radius 2 is 1.20 bits per heavy atom. The van der Waals surface area contributed by atoms with E-state index in [0.717, 1.165) is 12.8 Å². The third-order valence-electron chi connectivity index (χ3n) is 3.41. The highest BCUT2D eigenvalue weighted by atomic mass is 16.4. The van der Waals surface area contributed by atoms with Crippen molar-refractivity contribution in [3.05, 3.63) is 24.3 Å². The zero-order valence-electron chi connectivity index (χ0n) is 13.2. The van der Waals surface area contributed by atoms with Crippen molar-refractivity contribution in [2.75, 3.05) is 0 Å². The highest BCUT2D eigenvalue weighted by Gasteiger charge is 1.95. The molecule has 0 amide bonds. The second-order valence-electron chi connectivity index (χ2n) is 5.38. The molecule has 2 nitrogen and oxygen atoms in total. The summed E-state index contributed by atoms with van der Waals surface area (Å²) >= 11 is 0. The van der Waals surface area contributed by atoms with Gasteiger partial charge in [0.15, 0.2) is 0 Å². The average molecular weight is 280 g/mol. The molecule has 0 saturated heterocycles. The zero-order valence-corrected chi connectivity index (χ0v) is 13.2. The van der Waals surface area contributed by atoms with Gasteiger partial charge in [0, 0.05) is 6.42 Å². The molecule has 116 valence electrons. The summed E-state index contributed by atoms with van der Waals surface area (Å²) < 4.78 is 0. The summed E-state index contributed by atoms with van der Waals surface area (Å²) in [4.78, 5) is 10.3. The van der Waals surface area contributed by atoms with E-state index >= 15 is 0 Å². The smallest absolute Gasteiger partial charge is 0.303 e. The first kappa shape index (κ1) is 18.9. The minimum Gasteiger partial charge on any atom is -0.481 e. The van der Waals surface area contributed by atoms with Crippen LogP contribution >= 0.6 is 0 Å². The maximum atomic E-state index is 10.3. The van der Waals surface area contributed by atoms with Gasteiger partial charge in [-0.1, -0.05) is 50.0 Å². The molecular formula is C18H32O2. The lowest BCUT2D eigenvalue weighted by atomic mass is 10.1. The van der Waals surface area contributed by atoms with Gasteiger partial charge in [0.1, 0.15) is 0 Å². The highest BCUT2D eigenvalue weighted by molar-refractivity contribution is 5.66. The second-order valence-corrected chi connectivity index (χ2v) is 5.38. The molecule has 0 fully saturated rings. The largest absolute Gasteiger partial charge is 0.481 e. The Bertz CT molecular complexity index is 267. The standard InChI is InChI=1S/C18H32O2/c1-2-3-4-5-6-7-8-9-10-11-12-13-14-15-16-17-18(19)20/h2-3,9-10H,4-8,11-17H2,1H3,(H,19,20)/b3-2-,10-9-. The van der Waals surface area contributed by atoms with Gasteiger partial charge in [0.2, 0.25) is 0 Å². The summed E-state index contributed by atoms with van der Waals surface area (Å²) in [5.74, 6) is -0.668. The molecule has 20 heavy (non-hydrogen) atoms. The van der Waals surface area contributed by atoms with Gasteiger partial charge in [-0.3, -0.25) is 4.79 Å². The molecule has 0 unspecified atom stereocenters. The van der Waals surface area contributed by atoms with Crippen LogP contribution in [-0.4, -0.2) is 11.1 Å². The average Bonchev–Trinajstić information content (AvgIpc) is 2.43. The van der Waals surface area contributed by atoms with Crippen molar-refractivity contribution in [3.8, 4) is 0 Å². The van der Waals surface area contributed by atoms with E-state index in [1.165, 1.54) is 57.8 Å². The number of hydrogen-bond donors (Lipinski definition) is 1. The van der Waals surface area contributed by atoms with E-state index < -0.39 is 5.97 Å². The number of rotatable bonds is 14. The van der Waals surface area contributed by atoms with Crippen LogP contribution in [0.1, 0.15) is 84.0 Å². The molecule has 0 aromatic carbocycles. The minimum absolute atomic E-state index is 0.327. The first-order valence-electron chi connectivity index (χ1n) is 8.25. The summed E-state index contributed by atoms with van der Waals surface area (Å²) in [7, 11) is 0. The van der Waals surface area contributed by atoms with Crippen molar-refractivity contribution in [2.24, 2.45) is 0 Å². The molecule has 2 heteroatoms. The summed E-state index contributed by atoms with van der Waals surface area (Å²) in [6, 6.07) is 0. The number of aliphatic carboxylic acids is 1. The molecule has 0 spiro atoms. The normalized spacial score (nSPS) is 11.7. The van der Waals surface area contributed by atoms with Crippen molar-refractivity contribution < 1.29 is 9.90 Å². The van der Waals surface area contributed by atoms with Gasteiger partial charge in [-0.25, -0.2) is 0 Å². The van der Waals surface area contributed by atoms with Crippen LogP contribution in [0.5, 0.6) is 0 Å². The summed E-state index contributed by atoms with van der Waals surface area (Å²) in [6.45, 7) is 2.08. The molecule has 0 radical (unpaired) electrons. The van der Waals surface area contributed by atoms with Gasteiger partial charge in [-0.15, -0.1) is 0 Å². The SMILES string of the molecule is C/C=C\CCCCC/C=C\CCCCCCCC(=O)O. The predicted molar refractivity (Wildman–Crippen MR) is 87.0 cm³/mol. The van der Waals surface area contributed by atoms with E-state index in [9.17, 15) is 4.79 Å². The zero-order chi connectivity index (χ0) is 14.9. The summed E-state index contributed by atoms with van der Waals surface area (Å²) in [6.07, 6.45) is 22.4. The van der Waals surface area contributed by atoms with Crippen molar-refractivity contribution in [2.45, 2.75) is 84.0 Å². The fourth-order valence-electron chi connectivity index (χ4n) is 2.17. The molecule has 0 aromatic rings. The van der Waals surface area contributed by atoms with E-state index in [4.69, 9.17) is 5.11 Å². The number of unbranched alkanes of at least 4 members (excludes halogenated alkanes) is 9. The number of carboxylic acid groups (broad SMARTS) is 1. The van der Waals surface area contributed by atoms with Crippen LogP contribution in [0, 0.1) is 0 Å². The maximum Gasteiger partial charge on any atom is 0.303 e. The van der Waals surface area contributed by atoms with Crippen LogP contribution < -0.4 is 0 Å². The molecule has 0 atom stereocenters. The van der Waals surface area contributed by atoms with Gasteiger partial charge in [-0.2, -0.15) is 0 Å². The predicted octanol–water partition coefficient (Wildman–Crippen LogP) is 5.88. The molecule has 0 aliphatic carbocycles. The van der Waals surface area contributed by atoms with Crippen LogP contribution in [0.2, 0.25) is 0 Å². The van der Waals surface area contributed by atoms with Crippen LogP contribution in [0.25, 0.3) is 0 Å². The Hall–Kier alpha value is -1.05. The van der Waals surface area contributed by atoms with E-state index in [1.54, 1.807) is 0 Å². The van der Waals surface area contributed by atoms with E-state index in [-0.39, 0.29) is 0 Å². The molecule has 0 aliphatic rings. The molecule has 0 saturated carbocycles. The highest BCUT2D eigenvalue weighted by Crippen LogP contribution is 2.09. The molecule has 0 rings (SSSR count). The Morgan fingerprint density at radius 1 is 0.750 bits per heavy atom. The molecule has 0 aliphatic heterocycles. The number of carbonyl (C=O) groups is 1. The fourth-order valence-corrected chi connectivity index (χ4v) is 2.17. The topological polar surface area (TPSA) is 37.3 Å². The van der Waals surface area contributed by atoms with Gasteiger partial charge in [-0.05, 0) is 51.9 Å². The number of carboxylic acids is 1. The van der Waals surface area contributed by atoms with Gasteiger partial charge in [0.25, 0.3) is 0 Å². The maximum absolute atomic E-state index is 10.3. The summed E-state index contributed by atoms with van der Waals surface area (Å²) in [5, 5.41) is 8.50. The van der Waals surface area contributed by atoms with E-state index in [2.05, 4.69) is 31.2 Å². The van der Waals surface area contributed by atoms with Gasteiger partial charge >= 0.3 is 5.97 Å². The lowest BCUT2D eigenvalue weighted by molar-refractivity contribution is -0.137. The van der Waals surface area contributed by atoms with Crippen molar-refractivity contribution >= 4 is 5.97 Å².